The van der Waals surface area contributed by atoms with Crippen molar-refractivity contribution in [2.45, 2.75) is 4.90 Å². The van der Waals surface area contributed by atoms with Crippen molar-refractivity contribution in [2.75, 3.05) is 29.1 Å². The van der Waals surface area contributed by atoms with Crippen LogP contribution in [0.25, 0.3) is 0 Å². The summed E-state index contributed by atoms with van der Waals surface area (Å²) in [4.78, 5) is 0.0243. The van der Waals surface area contributed by atoms with Gasteiger partial charge in [0.05, 0.1) is 5.69 Å². The van der Waals surface area contributed by atoms with E-state index in [0.29, 0.717) is 17.9 Å². The van der Waals surface area contributed by atoms with Crippen LogP contribution >= 0.6 is 11.8 Å². The molecule has 0 fully saturated rings. The lowest BCUT2D eigenvalue weighted by atomic mass is 10.3. The van der Waals surface area contributed by atoms with Gasteiger partial charge in [-0.3, -0.25) is 0 Å². The van der Waals surface area contributed by atoms with Gasteiger partial charge < -0.3 is 11.1 Å². The summed E-state index contributed by atoms with van der Waals surface area (Å²) < 4.78 is 22.8. The van der Waals surface area contributed by atoms with Crippen LogP contribution in [0.3, 0.4) is 0 Å². The summed E-state index contributed by atoms with van der Waals surface area (Å²) in [6.07, 6.45) is 1.82. The first-order chi connectivity index (χ1) is 8.45. The number of nitrogen functional groups attached to an aromatic ring is 1. The normalized spacial score (nSPS) is 11.2. The van der Waals surface area contributed by atoms with Crippen molar-refractivity contribution in [3.8, 4) is 0 Å². The standard InChI is InChI=1S/C11H17N3O2S2/c1-2-6-17-7-5-14-10-4-3-9(12)8-11(10)18(13,15)16/h2-4,8,14H,1,5-7,12H2,(H2,13,15,16). The smallest absolute Gasteiger partial charge is 0.240 e. The number of benzene rings is 1. The third kappa shape index (κ3) is 4.59. The topological polar surface area (TPSA) is 98.2 Å². The van der Waals surface area contributed by atoms with Gasteiger partial charge in [0.2, 0.25) is 10.0 Å². The Kier molecular flexibility index (Phi) is 5.52. The second-order valence-corrected chi connectivity index (χ2v) is 6.27. The first-order valence-corrected chi connectivity index (χ1v) is 8.00. The highest BCUT2D eigenvalue weighted by Crippen LogP contribution is 2.22. The Morgan fingerprint density at radius 1 is 1.44 bits per heavy atom. The Hall–Kier alpha value is -1.18. The molecule has 0 atom stereocenters. The van der Waals surface area contributed by atoms with Crippen LogP contribution < -0.4 is 16.2 Å². The van der Waals surface area contributed by atoms with Crippen LogP contribution in [0.2, 0.25) is 0 Å². The summed E-state index contributed by atoms with van der Waals surface area (Å²) in [5, 5.41) is 8.17. The predicted molar refractivity (Wildman–Crippen MR) is 78.2 cm³/mol. The second kappa shape index (κ2) is 6.67. The lowest BCUT2D eigenvalue weighted by Gasteiger charge is -2.11. The summed E-state index contributed by atoms with van der Waals surface area (Å²) in [5.41, 5.74) is 6.40. The van der Waals surface area contributed by atoms with Crippen molar-refractivity contribution in [1.29, 1.82) is 0 Å². The first kappa shape index (κ1) is 14.9. The molecule has 0 aliphatic heterocycles. The fourth-order valence-corrected chi connectivity index (χ4v) is 2.67. The maximum atomic E-state index is 11.4. The Bertz CT molecular complexity index is 515. The fourth-order valence-electron chi connectivity index (χ4n) is 1.34. The van der Waals surface area contributed by atoms with Crippen LogP contribution in [-0.2, 0) is 10.0 Å². The van der Waals surface area contributed by atoms with Gasteiger partial charge in [0, 0.05) is 23.7 Å². The molecule has 7 heteroatoms. The minimum absolute atomic E-state index is 0.0243. The molecule has 0 spiro atoms. The SMILES string of the molecule is C=CCSCCNc1ccc(N)cc1S(N)(=O)=O. The average Bonchev–Trinajstić information content (AvgIpc) is 2.29. The molecule has 0 bridgehead atoms. The Labute approximate surface area is 112 Å². The van der Waals surface area contributed by atoms with Gasteiger partial charge in [0.1, 0.15) is 4.90 Å². The Morgan fingerprint density at radius 3 is 2.78 bits per heavy atom. The molecule has 0 saturated heterocycles. The fraction of sp³-hybridized carbons (Fsp3) is 0.273. The van der Waals surface area contributed by atoms with E-state index in [-0.39, 0.29) is 4.90 Å². The van der Waals surface area contributed by atoms with Gasteiger partial charge in [0.15, 0.2) is 0 Å². The molecule has 0 radical (unpaired) electrons. The van der Waals surface area contributed by atoms with Crippen molar-refractivity contribution in [1.82, 2.24) is 0 Å². The van der Waals surface area contributed by atoms with Gasteiger partial charge in [-0.25, -0.2) is 13.6 Å². The lowest BCUT2D eigenvalue weighted by molar-refractivity contribution is 0.598. The zero-order valence-corrected chi connectivity index (χ0v) is 11.6. The molecule has 0 unspecified atom stereocenters. The maximum absolute atomic E-state index is 11.4. The minimum atomic E-state index is -3.77. The molecule has 0 aliphatic rings. The maximum Gasteiger partial charge on any atom is 0.240 e. The van der Waals surface area contributed by atoms with Crippen molar-refractivity contribution < 1.29 is 8.42 Å². The monoisotopic (exact) mass is 287 g/mol. The number of nitrogens with one attached hydrogen (secondary N) is 1. The molecule has 100 valence electrons. The van der Waals surface area contributed by atoms with Crippen molar-refractivity contribution >= 4 is 33.2 Å². The highest BCUT2D eigenvalue weighted by molar-refractivity contribution is 7.99. The number of anilines is 2. The van der Waals surface area contributed by atoms with E-state index in [1.165, 1.54) is 6.07 Å². The molecule has 1 aromatic rings. The van der Waals surface area contributed by atoms with Gasteiger partial charge in [-0.2, -0.15) is 11.8 Å². The third-order valence-electron chi connectivity index (χ3n) is 2.11. The van der Waals surface area contributed by atoms with E-state index in [1.54, 1.807) is 23.9 Å². The molecule has 0 amide bonds. The number of sulfonamides is 1. The third-order valence-corrected chi connectivity index (χ3v) is 4.02. The van der Waals surface area contributed by atoms with E-state index < -0.39 is 10.0 Å². The number of hydrogen-bond donors (Lipinski definition) is 3. The Balaban J connectivity index is 2.73. The van der Waals surface area contributed by atoms with Crippen LogP contribution in [0.1, 0.15) is 0 Å². The molecule has 0 aliphatic carbocycles. The van der Waals surface area contributed by atoms with Crippen LogP contribution in [0.4, 0.5) is 11.4 Å². The van der Waals surface area contributed by atoms with Crippen molar-refractivity contribution in [2.24, 2.45) is 5.14 Å². The van der Waals surface area contributed by atoms with Gasteiger partial charge in [-0.05, 0) is 18.2 Å². The summed E-state index contributed by atoms with van der Waals surface area (Å²) in [7, 11) is -3.77. The minimum Gasteiger partial charge on any atom is -0.399 e. The average molecular weight is 287 g/mol. The second-order valence-electron chi connectivity index (χ2n) is 3.59. The van der Waals surface area contributed by atoms with Crippen LogP contribution in [0.5, 0.6) is 0 Å². The molecular weight excluding hydrogens is 270 g/mol. The van der Waals surface area contributed by atoms with E-state index in [0.717, 1.165) is 11.5 Å². The highest BCUT2D eigenvalue weighted by atomic mass is 32.2. The lowest BCUT2D eigenvalue weighted by Crippen LogP contribution is -2.16. The largest absolute Gasteiger partial charge is 0.399 e. The summed E-state index contributed by atoms with van der Waals surface area (Å²) in [5.74, 6) is 1.71. The zero-order chi connectivity index (χ0) is 13.6. The highest BCUT2D eigenvalue weighted by Gasteiger charge is 2.13. The van der Waals surface area contributed by atoms with Gasteiger partial charge in [-0.15, -0.1) is 6.58 Å². The Morgan fingerprint density at radius 2 is 2.17 bits per heavy atom. The molecule has 1 rings (SSSR count). The summed E-state index contributed by atoms with van der Waals surface area (Å²) >= 11 is 1.70. The van der Waals surface area contributed by atoms with E-state index in [9.17, 15) is 8.42 Å². The molecule has 5 N–H and O–H groups in total. The predicted octanol–water partition coefficient (Wildman–Crippen LogP) is 1.25. The van der Waals surface area contributed by atoms with E-state index in [1.807, 2.05) is 6.08 Å². The zero-order valence-electron chi connectivity index (χ0n) is 9.93. The first-order valence-electron chi connectivity index (χ1n) is 5.30. The molecular formula is C11H17N3O2S2. The number of hydrogen-bond acceptors (Lipinski definition) is 5. The van der Waals surface area contributed by atoms with Gasteiger partial charge >= 0.3 is 0 Å². The molecule has 1 aromatic carbocycles. The summed E-state index contributed by atoms with van der Waals surface area (Å²) in [6.45, 7) is 4.27. The summed E-state index contributed by atoms with van der Waals surface area (Å²) in [6, 6.07) is 4.61. The van der Waals surface area contributed by atoms with E-state index >= 15 is 0 Å². The molecule has 0 saturated carbocycles. The molecule has 5 nitrogen and oxygen atoms in total. The quantitative estimate of drug-likeness (QED) is 0.398. The molecule has 0 aromatic heterocycles. The van der Waals surface area contributed by atoms with Crippen LogP contribution in [0, 0.1) is 0 Å². The van der Waals surface area contributed by atoms with Crippen LogP contribution in [-0.4, -0.2) is 26.5 Å². The number of nitrogens with two attached hydrogens (primary N) is 2. The number of rotatable bonds is 7. The number of primary sulfonamides is 1. The molecule has 0 heterocycles. The molecule has 18 heavy (non-hydrogen) atoms. The van der Waals surface area contributed by atoms with Gasteiger partial charge in [-0.1, -0.05) is 6.08 Å². The van der Waals surface area contributed by atoms with Crippen LogP contribution in [0.15, 0.2) is 35.7 Å². The van der Waals surface area contributed by atoms with Crippen molar-refractivity contribution in [3.63, 3.8) is 0 Å². The van der Waals surface area contributed by atoms with E-state index in [2.05, 4.69) is 11.9 Å². The number of thioether (sulfide) groups is 1. The van der Waals surface area contributed by atoms with Crippen molar-refractivity contribution in [3.05, 3.63) is 30.9 Å². The van der Waals surface area contributed by atoms with Gasteiger partial charge in [0.25, 0.3) is 0 Å². The van der Waals surface area contributed by atoms with E-state index in [4.69, 9.17) is 10.9 Å².